The van der Waals surface area contributed by atoms with Gasteiger partial charge in [-0.25, -0.2) is 21.5 Å². The standard InChI is InChI=1S/C23H28N4O4S2/c1-17-8-7-15-26(16-17)33(30,31)22-13-11-20(12-14-22)25-32(28,29)23-18(2)24-27(19(23)3)21-9-5-4-6-10-21/h4-6,9-14,17,25H,7-8,15-16H2,1-3H3. The number of sulfonamides is 2. The van der Waals surface area contributed by atoms with Crippen molar-refractivity contribution in [3.8, 4) is 5.69 Å². The first-order chi connectivity index (χ1) is 15.6. The number of rotatable bonds is 6. The van der Waals surface area contributed by atoms with Gasteiger partial charge in [0.15, 0.2) is 0 Å². The number of benzene rings is 2. The van der Waals surface area contributed by atoms with E-state index in [0.717, 1.165) is 18.5 Å². The fourth-order valence-corrected chi connectivity index (χ4v) is 7.30. The van der Waals surface area contributed by atoms with Crippen LogP contribution in [0.1, 0.15) is 31.2 Å². The fourth-order valence-electron chi connectivity index (χ4n) is 4.25. The summed E-state index contributed by atoms with van der Waals surface area (Å²) in [6.45, 7) is 6.41. The average molecular weight is 489 g/mol. The molecule has 0 saturated carbocycles. The van der Waals surface area contributed by atoms with Crippen molar-refractivity contribution in [3.63, 3.8) is 0 Å². The third-order valence-corrected chi connectivity index (χ3v) is 9.37. The Balaban J connectivity index is 1.58. The van der Waals surface area contributed by atoms with E-state index < -0.39 is 20.0 Å². The van der Waals surface area contributed by atoms with Gasteiger partial charge in [0.05, 0.1) is 22.0 Å². The SMILES string of the molecule is Cc1nn(-c2ccccc2)c(C)c1S(=O)(=O)Nc1ccc(S(=O)(=O)N2CCCC(C)C2)cc1. The molecule has 0 amide bonds. The highest BCUT2D eigenvalue weighted by molar-refractivity contribution is 7.92. The average Bonchev–Trinajstić information content (AvgIpc) is 3.09. The normalized spacial score (nSPS) is 17.7. The first kappa shape index (κ1) is 23.5. The van der Waals surface area contributed by atoms with E-state index in [2.05, 4.69) is 9.82 Å². The topological polar surface area (TPSA) is 101 Å². The van der Waals surface area contributed by atoms with Crippen molar-refractivity contribution < 1.29 is 16.8 Å². The lowest BCUT2D eigenvalue weighted by atomic mass is 10.0. The molecule has 2 heterocycles. The predicted molar refractivity (Wildman–Crippen MR) is 127 cm³/mol. The highest BCUT2D eigenvalue weighted by Crippen LogP contribution is 2.27. The Morgan fingerprint density at radius 2 is 1.64 bits per heavy atom. The van der Waals surface area contributed by atoms with Gasteiger partial charge in [-0.1, -0.05) is 25.1 Å². The van der Waals surface area contributed by atoms with Crippen LogP contribution in [0.2, 0.25) is 0 Å². The lowest BCUT2D eigenvalue weighted by Crippen LogP contribution is -2.39. The summed E-state index contributed by atoms with van der Waals surface area (Å²) in [5.74, 6) is 0.322. The van der Waals surface area contributed by atoms with Gasteiger partial charge in [0, 0.05) is 18.8 Å². The van der Waals surface area contributed by atoms with Gasteiger partial charge >= 0.3 is 0 Å². The van der Waals surface area contributed by atoms with Crippen LogP contribution >= 0.6 is 0 Å². The Labute approximate surface area is 195 Å². The number of nitrogens with zero attached hydrogens (tertiary/aromatic N) is 3. The van der Waals surface area contributed by atoms with Gasteiger partial charge in [-0.05, 0) is 69.0 Å². The van der Waals surface area contributed by atoms with Crippen molar-refractivity contribution >= 4 is 25.7 Å². The fraction of sp³-hybridized carbons (Fsp3) is 0.348. The first-order valence-corrected chi connectivity index (χ1v) is 13.8. The van der Waals surface area contributed by atoms with Crippen LogP contribution in [0.25, 0.3) is 5.69 Å². The van der Waals surface area contributed by atoms with E-state index in [0.29, 0.717) is 30.4 Å². The van der Waals surface area contributed by atoms with Crippen molar-refractivity contribution in [1.29, 1.82) is 0 Å². The molecule has 0 aliphatic carbocycles. The van der Waals surface area contributed by atoms with Crippen LogP contribution in [-0.2, 0) is 20.0 Å². The quantitative estimate of drug-likeness (QED) is 0.570. The monoisotopic (exact) mass is 488 g/mol. The maximum atomic E-state index is 13.2. The van der Waals surface area contributed by atoms with Crippen LogP contribution in [-0.4, -0.2) is 44.0 Å². The molecule has 1 atom stereocenters. The Morgan fingerprint density at radius 3 is 2.27 bits per heavy atom. The molecular weight excluding hydrogens is 460 g/mol. The van der Waals surface area contributed by atoms with Gasteiger partial charge in [0.1, 0.15) is 4.90 Å². The van der Waals surface area contributed by atoms with E-state index in [1.165, 1.54) is 28.6 Å². The third kappa shape index (κ3) is 4.68. The van der Waals surface area contributed by atoms with Crippen LogP contribution in [0.15, 0.2) is 64.4 Å². The zero-order valence-corrected chi connectivity index (χ0v) is 20.5. The van der Waals surface area contributed by atoms with Gasteiger partial charge in [-0.3, -0.25) is 4.72 Å². The van der Waals surface area contributed by atoms with Crippen molar-refractivity contribution in [2.45, 2.75) is 43.4 Å². The van der Waals surface area contributed by atoms with Crippen molar-refractivity contribution in [1.82, 2.24) is 14.1 Å². The van der Waals surface area contributed by atoms with E-state index in [1.807, 2.05) is 37.3 Å². The van der Waals surface area contributed by atoms with E-state index in [1.54, 1.807) is 18.5 Å². The number of para-hydroxylation sites is 1. The summed E-state index contributed by atoms with van der Waals surface area (Å²) >= 11 is 0. The number of hydrogen-bond donors (Lipinski definition) is 1. The molecule has 1 aliphatic heterocycles. The number of hydrogen-bond acceptors (Lipinski definition) is 5. The summed E-state index contributed by atoms with van der Waals surface area (Å²) in [7, 11) is -7.54. The summed E-state index contributed by atoms with van der Waals surface area (Å²) in [5.41, 5.74) is 1.92. The molecule has 0 spiro atoms. The molecular formula is C23H28N4O4S2. The van der Waals surface area contributed by atoms with Gasteiger partial charge in [0.25, 0.3) is 10.0 Å². The van der Waals surface area contributed by atoms with Gasteiger partial charge in [-0.2, -0.15) is 9.40 Å². The summed E-state index contributed by atoms with van der Waals surface area (Å²) in [6.07, 6.45) is 1.86. The molecule has 3 aromatic rings. The molecule has 1 N–H and O–H groups in total. The Kier molecular flexibility index (Phi) is 6.35. The van der Waals surface area contributed by atoms with E-state index >= 15 is 0 Å². The molecule has 0 radical (unpaired) electrons. The zero-order chi connectivity index (χ0) is 23.8. The number of nitrogens with one attached hydrogen (secondary N) is 1. The molecule has 176 valence electrons. The molecule has 1 aliphatic rings. The van der Waals surface area contributed by atoms with Crippen LogP contribution in [0.3, 0.4) is 0 Å². The second-order valence-corrected chi connectivity index (χ2v) is 12.0. The Morgan fingerprint density at radius 1 is 0.970 bits per heavy atom. The minimum absolute atomic E-state index is 0.102. The summed E-state index contributed by atoms with van der Waals surface area (Å²) in [5, 5.41) is 4.41. The lowest BCUT2D eigenvalue weighted by molar-refractivity contribution is 0.281. The molecule has 2 aromatic carbocycles. The zero-order valence-electron chi connectivity index (χ0n) is 18.9. The predicted octanol–water partition coefficient (Wildman–Crippen LogP) is 3.71. The van der Waals surface area contributed by atoms with Crippen LogP contribution in [0, 0.1) is 19.8 Å². The molecule has 8 nitrogen and oxygen atoms in total. The minimum Gasteiger partial charge on any atom is -0.280 e. The summed E-state index contributed by atoms with van der Waals surface area (Å²) in [4.78, 5) is 0.258. The molecule has 0 bridgehead atoms. The second kappa shape index (κ2) is 8.92. The molecule has 4 rings (SSSR count). The highest BCUT2D eigenvalue weighted by atomic mass is 32.2. The third-order valence-electron chi connectivity index (χ3n) is 5.86. The largest absolute Gasteiger partial charge is 0.280 e. The lowest BCUT2D eigenvalue weighted by Gasteiger charge is -2.30. The molecule has 33 heavy (non-hydrogen) atoms. The molecule has 10 heteroatoms. The summed E-state index contributed by atoms with van der Waals surface area (Å²) < 4.78 is 57.9. The van der Waals surface area contributed by atoms with Crippen molar-refractivity contribution in [3.05, 3.63) is 66.0 Å². The Hall–Kier alpha value is -2.69. The molecule has 1 aromatic heterocycles. The van der Waals surface area contributed by atoms with Gasteiger partial charge in [-0.15, -0.1) is 0 Å². The van der Waals surface area contributed by atoms with E-state index in [-0.39, 0.29) is 15.5 Å². The number of piperidine rings is 1. The van der Waals surface area contributed by atoms with Crippen molar-refractivity contribution in [2.24, 2.45) is 5.92 Å². The highest BCUT2D eigenvalue weighted by Gasteiger charge is 2.29. The van der Waals surface area contributed by atoms with Gasteiger partial charge in [0.2, 0.25) is 10.0 Å². The van der Waals surface area contributed by atoms with Crippen LogP contribution in [0.5, 0.6) is 0 Å². The van der Waals surface area contributed by atoms with Crippen molar-refractivity contribution in [2.75, 3.05) is 17.8 Å². The number of anilines is 1. The smallest absolute Gasteiger partial charge is 0.265 e. The Bertz CT molecular complexity index is 1350. The van der Waals surface area contributed by atoms with Crippen LogP contribution < -0.4 is 4.72 Å². The van der Waals surface area contributed by atoms with Crippen LogP contribution in [0.4, 0.5) is 5.69 Å². The number of aryl methyl sites for hydroxylation is 1. The molecule has 1 unspecified atom stereocenters. The van der Waals surface area contributed by atoms with E-state index in [9.17, 15) is 16.8 Å². The molecule has 1 saturated heterocycles. The molecule has 1 fully saturated rings. The minimum atomic E-state index is -3.93. The maximum Gasteiger partial charge on any atom is 0.265 e. The first-order valence-electron chi connectivity index (χ1n) is 10.8. The number of aromatic nitrogens is 2. The second-order valence-electron chi connectivity index (χ2n) is 8.49. The van der Waals surface area contributed by atoms with Gasteiger partial charge < -0.3 is 0 Å². The maximum absolute atomic E-state index is 13.2. The summed E-state index contributed by atoms with van der Waals surface area (Å²) in [6, 6.07) is 15.1. The van der Waals surface area contributed by atoms with E-state index in [4.69, 9.17) is 0 Å².